The molecule has 0 aliphatic carbocycles. The number of aliphatic hydroxyl groups is 1. The molecule has 0 rings (SSSR count). The number of nitriles is 2. The molecule has 5 N–H and O–H groups in total. The van der Waals surface area contributed by atoms with Gasteiger partial charge in [0.25, 0.3) is 0 Å². The molecule has 0 spiro atoms. The van der Waals surface area contributed by atoms with Crippen molar-refractivity contribution in [1.82, 2.24) is 0 Å². The van der Waals surface area contributed by atoms with Crippen LogP contribution in [0.5, 0.6) is 0 Å². The highest BCUT2D eigenvalue weighted by Crippen LogP contribution is 2.13. The predicted octanol–water partition coefficient (Wildman–Crippen LogP) is 4.46. The number of Topliss-reactive ketones (excluding diaryl/α,β-unsaturated/α-hetero) is 1. The number of carbonyl (C=O) groups is 2. The number of rotatable bonds is 15. The number of carbonyl (C=O) groups excluding carboxylic acids is 2. The standard InChI is InChI=1S/C9H16N2O.C9H20O2.C6H10N2O.C6H14O2/c1-7(2)8(12)4-5-9(3,11)6-10;1-8(2)11-7-6-9(3,4)10-5;1-6(8,5-7)3-2-4-9;1-6(2,8-3)4-5-7/h7H,4-5,11H2,1-3H3;8H,6-7H2,1-5H3;4H,2-3,8H2,1H3;7H,4-5H2,1-3H3. The summed E-state index contributed by atoms with van der Waals surface area (Å²) in [5.41, 5.74) is 9.04. The Morgan fingerprint density at radius 2 is 1.27 bits per heavy atom. The van der Waals surface area contributed by atoms with Gasteiger partial charge < -0.3 is 35.6 Å². The number of aldehydes is 1. The second kappa shape index (κ2) is 23.8. The Kier molecular flexibility index (Phi) is 26.8. The summed E-state index contributed by atoms with van der Waals surface area (Å²) in [7, 11) is 3.38. The fraction of sp³-hybridized carbons (Fsp3) is 0.867. The average molecular weight is 573 g/mol. The maximum Gasteiger partial charge on any atom is 0.135 e. The number of nitrogens with zero attached hydrogens (tertiary/aromatic N) is 2. The lowest BCUT2D eigenvalue weighted by Gasteiger charge is -2.23. The average Bonchev–Trinajstić information content (AvgIpc) is 2.87. The summed E-state index contributed by atoms with van der Waals surface area (Å²) in [5.74, 6) is 0.210. The van der Waals surface area contributed by atoms with Crippen molar-refractivity contribution in [2.45, 2.75) is 136 Å². The van der Waals surface area contributed by atoms with E-state index in [4.69, 9.17) is 41.3 Å². The van der Waals surface area contributed by atoms with Gasteiger partial charge in [0.2, 0.25) is 0 Å². The number of hydrogen-bond acceptors (Lipinski definition) is 10. The van der Waals surface area contributed by atoms with E-state index in [1.54, 1.807) is 28.1 Å². The van der Waals surface area contributed by atoms with Crippen LogP contribution in [0.25, 0.3) is 0 Å². The third-order valence-electron chi connectivity index (χ3n) is 5.80. The fourth-order valence-electron chi connectivity index (χ4n) is 2.16. The first kappa shape index (κ1) is 45.1. The van der Waals surface area contributed by atoms with Crippen LogP contribution in [0.4, 0.5) is 0 Å². The van der Waals surface area contributed by atoms with Gasteiger partial charge >= 0.3 is 0 Å². The summed E-state index contributed by atoms with van der Waals surface area (Å²) in [5, 5.41) is 25.3. The van der Waals surface area contributed by atoms with Crippen LogP contribution in [0.15, 0.2) is 0 Å². The van der Waals surface area contributed by atoms with Crippen molar-refractivity contribution in [3.8, 4) is 12.1 Å². The van der Waals surface area contributed by atoms with Crippen molar-refractivity contribution in [2.24, 2.45) is 17.4 Å². The first-order valence-electron chi connectivity index (χ1n) is 13.8. The fourth-order valence-corrected chi connectivity index (χ4v) is 2.16. The Morgan fingerprint density at radius 3 is 1.57 bits per heavy atom. The van der Waals surface area contributed by atoms with Crippen molar-refractivity contribution in [2.75, 3.05) is 27.4 Å². The molecule has 0 aromatic rings. The van der Waals surface area contributed by atoms with E-state index in [1.807, 2.05) is 53.7 Å². The molecule has 0 saturated heterocycles. The van der Waals surface area contributed by atoms with Gasteiger partial charge in [-0.25, -0.2) is 0 Å². The molecule has 0 aliphatic rings. The maximum atomic E-state index is 11.1. The molecule has 0 saturated carbocycles. The molecule has 0 fully saturated rings. The van der Waals surface area contributed by atoms with Crippen LogP contribution < -0.4 is 11.5 Å². The number of methoxy groups -OCH3 is 2. The van der Waals surface area contributed by atoms with Crippen molar-refractivity contribution in [1.29, 1.82) is 10.5 Å². The molecule has 0 radical (unpaired) electrons. The van der Waals surface area contributed by atoms with E-state index in [0.717, 1.165) is 19.3 Å². The van der Waals surface area contributed by atoms with Gasteiger partial charge in [0.1, 0.15) is 23.1 Å². The molecular weight excluding hydrogens is 512 g/mol. The van der Waals surface area contributed by atoms with Gasteiger partial charge in [0, 0.05) is 46.2 Å². The number of ether oxygens (including phenoxy) is 3. The smallest absolute Gasteiger partial charge is 0.135 e. The highest BCUT2D eigenvalue weighted by atomic mass is 16.5. The van der Waals surface area contributed by atoms with Crippen LogP contribution in [-0.4, -0.2) is 73.0 Å². The minimum Gasteiger partial charge on any atom is -0.396 e. The molecule has 40 heavy (non-hydrogen) atoms. The van der Waals surface area contributed by atoms with Gasteiger partial charge in [0.05, 0.1) is 29.4 Å². The Morgan fingerprint density at radius 1 is 0.850 bits per heavy atom. The van der Waals surface area contributed by atoms with Crippen LogP contribution in [-0.2, 0) is 23.8 Å². The number of aliphatic hydroxyl groups excluding tert-OH is 1. The lowest BCUT2D eigenvalue weighted by molar-refractivity contribution is -0.122. The molecule has 2 unspecified atom stereocenters. The third-order valence-corrected chi connectivity index (χ3v) is 5.80. The van der Waals surface area contributed by atoms with E-state index < -0.39 is 11.1 Å². The molecule has 0 aromatic heterocycles. The number of nitrogens with two attached hydrogens (primary N) is 2. The van der Waals surface area contributed by atoms with E-state index in [2.05, 4.69) is 13.8 Å². The highest BCUT2D eigenvalue weighted by Gasteiger charge is 2.19. The van der Waals surface area contributed by atoms with E-state index >= 15 is 0 Å². The lowest BCUT2D eigenvalue weighted by atomic mass is 9.94. The predicted molar refractivity (Wildman–Crippen MR) is 160 cm³/mol. The first-order valence-corrected chi connectivity index (χ1v) is 13.8. The molecular formula is C30H60N4O6. The second-order valence-electron chi connectivity index (χ2n) is 12.0. The molecule has 10 nitrogen and oxygen atoms in total. The summed E-state index contributed by atoms with van der Waals surface area (Å²) < 4.78 is 15.7. The van der Waals surface area contributed by atoms with Crippen LogP contribution in [0.2, 0.25) is 0 Å². The Labute approximate surface area is 244 Å². The van der Waals surface area contributed by atoms with Crippen LogP contribution >= 0.6 is 0 Å². The molecule has 236 valence electrons. The largest absolute Gasteiger partial charge is 0.396 e. The number of hydrogen-bond donors (Lipinski definition) is 3. The van der Waals surface area contributed by atoms with Crippen LogP contribution in [0.3, 0.4) is 0 Å². The lowest BCUT2D eigenvalue weighted by Crippen LogP contribution is -2.34. The van der Waals surface area contributed by atoms with Gasteiger partial charge in [-0.2, -0.15) is 10.5 Å². The molecule has 10 heteroatoms. The zero-order valence-corrected chi connectivity index (χ0v) is 27.4. The Hall–Kier alpha value is -1.92. The topological polar surface area (TPSA) is 182 Å². The maximum absolute atomic E-state index is 11.1. The highest BCUT2D eigenvalue weighted by molar-refractivity contribution is 5.80. The van der Waals surface area contributed by atoms with Gasteiger partial charge in [-0.3, -0.25) is 4.79 Å². The summed E-state index contributed by atoms with van der Waals surface area (Å²) in [6, 6.07) is 3.86. The van der Waals surface area contributed by atoms with Gasteiger partial charge in [-0.15, -0.1) is 0 Å². The zero-order valence-electron chi connectivity index (χ0n) is 27.4. The molecule has 0 amide bonds. The quantitative estimate of drug-likeness (QED) is 0.237. The number of ketones is 1. The molecule has 0 aliphatic heterocycles. The van der Waals surface area contributed by atoms with Crippen molar-refractivity contribution in [3.63, 3.8) is 0 Å². The Bertz CT molecular complexity index is 735. The minimum absolute atomic E-state index is 0.0412. The summed E-state index contributed by atoms with van der Waals surface area (Å²) in [6.07, 6.45) is 4.38. The Balaban J connectivity index is -0.000000219. The SMILES string of the molecule is CC(C)C(=O)CCC(C)(N)C#N.CC(N)(C#N)CCC=O.COC(C)(C)CCO.COC(C)(C)CCOC(C)C. The van der Waals surface area contributed by atoms with E-state index in [-0.39, 0.29) is 29.5 Å². The molecule has 0 bridgehead atoms. The van der Waals surface area contributed by atoms with Gasteiger partial charge in [-0.1, -0.05) is 13.8 Å². The van der Waals surface area contributed by atoms with E-state index in [1.165, 1.54) is 0 Å². The van der Waals surface area contributed by atoms with Crippen molar-refractivity contribution < 1.29 is 28.9 Å². The van der Waals surface area contributed by atoms with Gasteiger partial charge in [0.15, 0.2) is 0 Å². The van der Waals surface area contributed by atoms with Crippen molar-refractivity contribution in [3.05, 3.63) is 0 Å². The normalized spacial score (nSPS) is 14.0. The van der Waals surface area contributed by atoms with Crippen LogP contribution in [0, 0.1) is 28.6 Å². The van der Waals surface area contributed by atoms with Gasteiger partial charge in [-0.05, 0) is 81.1 Å². The summed E-state index contributed by atoms with van der Waals surface area (Å²) in [4.78, 5) is 20.9. The van der Waals surface area contributed by atoms with Crippen LogP contribution in [0.1, 0.15) is 108 Å². The summed E-state index contributed by atoms with van der Waals surface area (Å²) >= 11 is 0. The zero-order chi connectivity index (χ0) is 32.6. The van der Waals surface area contributed by atoms with E-state index in [9.17, 15) is 9.59 Å². The molecule has 0 aromatic carbocycles. The molecule has 0 heterocycles. The van der Waals surface area contributed by atoms with E-state index in [0.29, 0.717) is 38.2 Å². The third kappa shape index (κ3) is 34.1. The minimum atomic E-state index is -0.857. The monoisotopic (exact) mass is 572 g/mol. The molecule has 2 atom stereocenters. The summed E-state index contributed by atoms with van der Waals surface area (Å²) in [6.45, 7) is 20.0. The second-order valence-corrected chi connectivity index (χ2v) is 12.0. The van der Waals surface area contributed by atoms with Crippen molar-refractivity contribution >= 4 is 12.1 Å². The first-order chi connectivity index (χ1) is 18.1.